The number of benzene rings is 1. The summed E-state index contributed by atoms with van der Waals surface area (Å²) < 4.78 is 0. The summed E-state index contributed by atoms with van der Waals surface area (Å²) in [5.41, 5.74) is 2.64. The minimum atomic E-state index is 0.0255. The van der Waals surface area contributed by atoms with Crippen molar-refractivity contribution in [3.05, 3.63) is 48.0 Å². The summed E-state index contributed by atoms with van der Waals surface area (Å²) in [6, 6.07) is 8.57. The van der Waals surface area contributed by atoms with Crippen LogP contribution in [0.25, 0.3) is 0 Å². The summed E-state index contributed by atoms with van der Waals surface area (Å²) in [6.07, 6.45) is 7.80. The molecule has 4 heteroatoms. The second-order valence-corrected chi connectivity index (χ2v) is 7.13. The highest BCUT2D eigenvalue weighted by atomic mass is 16.2. The van der Waals surface area contributed by atoms with Crippen LogP contribution in [0.3, 0.4) is 0 Å². The number of carbonyl (C=O) groups is 2. The highest BCUT2D eigenvalue weighted by molar-refractivity contribution is 5.80. The van der Waals surface area contributed by atoms with Gasteiger partial charge in [0.25, 0.3) is 0 Å². The fourth-order valence-corrected chi connectivity index (χ4v) is 3.97. The number of rotatable bonds is 5. The third-order valence-electron chi connectivity index (χ3n) is 5.47. The molecule has 1 aromatic rings. The minimum Gasteiger partial charge on any atom is -0.349 e. The van der Waals surface area contributed by atoms with E-state index in [1.165, 1.54) is 11.1 Å². The van der Waals surface area contributed by atoms with Crippen LogP contribution in [0.5, 0.6) is 0 Å². The molecule has 134 valence electrons. The Balaban J connectivity index is 1.52. The molecule has 1 aliphatic carbocycles. The Morgan fingerprint density at radius 1 is 1.20 bits per heavy atom. The monoisotopic (exact) mass is 340 g/mol. The van der Waals surface area contributed by atoms with Crippen LogP contribution in [-0.4, -0.2) is 29.8 Å². The standard InChI is InChI=1S/C21H28N2O2/c1-2-3-11-20(24)23-14-12-17(13-15-23)21(25)22-19-10-6-8-16-7-4-5-9-18(16)19/h2,4-5,7,9,17,19H,1,3,6,8,10-15H2,(H,22,25). The second-order valence-electron chi connectivity index (χ2n) is 7.13. The van der Waals surface area contributed by atoms with E-state index in [1.54, 1.807) is 6.08 Å². The first-order valence-corrected chi connectivity index (χ1v) is 9.46. The van der Waals surface area contributed by atoms with Crippen LogP contribution < -0.4 is 5.32 Å². The molecule has 1 atom stereocenters. The van der Waals surface area contributed by atoms with Crippen LogP contribution in [0, 0.1) is 5.92 Å². The zero-order chi connectivity index (χ0) is 17.6. The molecular weight excluding hydrogens is 312 g/mol. The van der Waals surface area contributed by atoms with Crippen LogP contribution in [0.2, 0.25) is 0 Å². The first kappa shape index (κ1) is 17.7. The van der Waals surface area contributed by atoms with Crippen LogP contribution >= 0.6 is 0 Å². The van der Waals surface area contributed by atoms with Gasteiger partial charge in [0.2, 0.25) is 11.8 Å². The second kappa shape index (κ2) is 8.32. The zero-order valence-corrected chi connectivity index (χ0v) is 14.9. The van der Waals surface area contributed by atoms with Gasteiger partial charge in [0.05, 0.1) is 6.04 Å². The molecule has 1 aliphatic heterocycles. The summed E-state index contributed by atoms with van der Waals surface area (Å²) in [4.78, 5) is 26.7. The van der Waals surface area contributed by atoms with Crippen LogP contribution in [0.15, 0.2) is 36.9 Å². The normalized spacial score (nSPS) is 20.6. The van der Waals surface area contributed by atoms with Gasteiger partial charge in [-0.2, -0.15) is 0 Å². The molecule has 1 heterocycles. The lowest BCUT2D eigenvalue weighted by atomic mass is 9.87. The van der Waals surface area contributed by atoms with E-state index in [-0.39, 0.29) is 23.8 Å². The number of hydrogen-bond donors (Lipinski definition) is 1. The number of piperidine rings is 1. The van der Waals surface area contributed by atoms with Crippen LogP contribution in [0.1, 0.15) is 55.7 Å². The van der Waals surface area contributed by atoms with Gasteiger partial charge in [-0.05, 0) is 49.7 Å². The predicted molar refractivity (Wildman–Crippen MR) is 99.0 cm³/mol. The number of nitrogens with one attached hydrogen (secondary N) is 1. The maximum atomic E-state index is 12.7. The van der Waals surface area contributed by atoms with E-state index < -0.39 is 0 Å². The van der Waals surface area contributed by atoms with Gasteiger partial charge in [-0.25, -0.2) is 0 Å². The lowest BCUT2D eigenvalue weighted by Crippen LogP contribution is -2.44. The lowest BCUT2D eigenvalue weighted by molar-refractivity contribution is -0.135. The predicted octanol–water partition coefficient (Wildman–Crippen LogP) is 3.39. The number of allylic oxidation sites excluding steroid dienone is 1. The highest BCUT2D eigenvalue weighted by Crippen LogP contribution is 2.30. The summed E-state index contributed by atoms with van der Waals surface area (Å²) in [5, 5.41) is 3.27. The Morgan fingerprint density at radius 2 is 1.96 bits per heavy atom. The molecule has 4 nitrogen and oxygen atoms in total. The number of nitrogens with zero attached hydrogens (tertiary/aromatic N) is 1. The molecule has 1 N–H and O–H groups in total. The van der Waals surface area contributed by atoms with Gasteiger partial charge < -0.3 is 10.2 Å². The van der Waals surface area contributed by atoms with E-state index in [1.807, 2.05) is 4.90 Å². The molecule has 0 radical (unpaired) electrons. The van der Waals surface area contributed by atoms with Gasteiger partial charge in [0, 0.05) is 25.4 Å². The molecule has 0 spiro atoms. The molecule has 1 unspecified atom stereocenters. The van der Waals surface area contributed by atoms with E-state index >= 15 is 0 Å². The molecule has 1 aromatic carbocycles. The van der Waals surface area contributed by atoms with Gasteiger partial charge in [-0.3, -0.25) is 9.59 Å². The molecule has 0 aromatic heterocycles. The van der Waals surface area contributed by atoms with E-state index in [0.29, 0.717) is 19.5 Å². The van der Waals surface area contributed by atoms with Crippen molar-refractivity contribution in [1.29, 1.82) is 0 Å². The Bertz CT molecular complexity index is 633. The van der Waals surface area contributed by atoms with Crippen LogP contribution in [-0.2, 0) is 16.0 Å². The molecular formula is C21H28N2O2. The van der Waals surface area contributed by atoms with Gasteiger partial charge in [-0.15, -0.1) is 6.58 Å². The largest absolute Gasteiger partial charge is 0.349 e. The molecule has 0 saturated carbocycles. The molecule has 1 saturated heterocycles. The Morgan fingerprint density at radius 3 is 2.72 bits per heavy atom. The van der Waals surface area contributed by atoms with Crippen molar-refractivity contribution >= 4 is 11.8 Å². The average Bonchev–Trinajstić information content (AvgIpc) is 2.66. The number of fused-ring (bicyclic) bond motifs is 1. The maximum absolute atomic E-state index is 12.7. The van der Waals surface area contributed by atoms with E-state index in [0.717, 1.165) is 38.5 Å². The van der Waals surface area contributed by atoms with Crippen molar-refractivity contribution in [3.8, 4) is 0 Å². The summed E-state index contributed by atoms with van der Waals surface area (Å²) in [7, 11) is 0. The molecule has 2 aliphatic rings. The Hall–Kier alpha value is -2.10. The SMILES string of the molecule is C=CCCC(=O)N1CCC(C(=O)NC2CCCc3ccccc32)CC1. The van der Waals surface area contributed by atoms with Crippen molar-refractivity contribution in [2.45, 2.75) is 51.0 Å². The Kier molecular flexibility index (Phi) is 5.90. The first-order valence-electron chi connectivity index (χ1n) is 9.46. The molecule has 2 amide bonds. The maximum Gasteiger partial charge on any atom is 0.223 e. The molecule has 25 heavy (non-hydrogen) atoms. The number of aryl methyl sites for hydroxylation is 1. The van der Waals surface area contributed by atoms with E-state index in [4.69, 9.17) is 0 Å². The van der Waals surface area contributed by atoms with Gasteiger partial charge in [0.15, 0.2) is 0 Å². The first-order chi connectivity index (χ1) is 12.2. The quantitative estimate of drug-likeness (QED) is 0.835. The average molecular weight is 340 g/mol. The smallest absolute Gasteiger partial charge is 0.223 e. The highest BCUT2D eigenvalue weighted by Gasteiger charge is 2.29. The third-order valence-corrected chi connectivity index (χ3v) is 5.47. The van der Waals surface area contributed by atoms with Gasteiger partial charge in [-0.1, -0.05) is 30.3 Å². The fraction of sp³-hybridized carbons (Fsp3) is 0.524. The summed E-state index contributed by atoms with van der Waals surface area (Å²) in [6.45, 7) is 5.04. The minimum absolute atomic E-state index is 0.0255. The van der Waals surface area contributed by atoms with Gasteiger partial charge >= 0.3 is 0 Å². The number of hydrogen-bond acceptors (Lipinski definition) is 2. The van der Waals surface area contributed by atoms with Gasteiger partial charge in [0.1, 0.15) is 0 Å². The Labute approximate surface area is 150 Å². The number of amides is 2. The molecule has 0 bridgehead atoms. The third kappa shape index (κ3) is 4.30. The van der Waals surface area contributed by atoms with Crippen molar-refractivity contribution < 1.29 is 9.59 Å². The molecule has 1 fully saturated rings. The summed E-state index contributed by atoms with van der Waals surface area (Å²) >= 11 is 0. The van der Waals surface area contributed by atoms with E-state index in [9.17, 15) is 9.59 Å². The lowest BCUT2D eigenvalue weighted by Gasteiger charge is -2.33. The number of carbonyl (C=O) groups excluding carboxylic acids is 2. The summed E-state index contributed by atoms with van der Waals surface area (Å²) in [5.74, 6) is 0.359. The van der Waals surface area contributed by atoms with Crippen LogP contribution in [0.4, 0.5) is 0 Å². The topological polar surface area (TPSA) is 49.4 Å². The molecule has 3 rings (SSSR count). The van der Waals surface area contributed by atoms with Crippen molar-refractivity contribution in [1.82, 2.24) is 10.2 Å². The fourth-order valence-electron chi connectivity index (χ4n) is 3.97. The van der Waals surface area contributed by atoms with Crippen molar-refractivity contribution in [3.63, 3.8) is 0 Å². The van der Waals surface area contributed by atoms with E-state index in [2.05, 4.69) is 36.2 Å². The van der Waals surface area contributed by atoms with Crippen molar-refractivity contribution in [2.75, 3.05) is 13.1 Å². The zero-order valence-electron chi connectivity index (χ0n) is 14.9. The number of likely N-dealkylation sites (tertiary alicyclic amines) is 1. The van der Waals surface area contributed by atoms with Crippen molar-refractivity contribution in [2.24, 2.45) is 5.92 Å².